The Morgan fingerprint density at radius 2 is 1.10 bits per heavy atom. The maximum Gasteiger partial charge on any atom is 0.338 e. The molecule has 6 nitrogen and oxygen atoms in total. The van der Waals surface area contributed by atoms with Gasteiger partial charge < -0.3 is 9.47 Å². The zero-order valence-corrected chi connectivity index (χ0v) is 16.1. The van der Waals surface area contributed by atoms with Gasteiger partial charge in [-0.1, -0.05) is 0 Å². The number of hydrogen-bond donors (Lipinski definition) is 0. The molecule has 3 aliphatic rings. The summed E-state index contributed by atoms with van der Waals surface area (Å²) in [4.78, 5) is 33.2. The SMILES string of the molecule is O=C(OC1CC2C3CCC(C3)C2CC1OC(=O)c1ccncc1)c1ccncc1. The number of nitrogens with zero attached hydrogens (tertiary/aromatic N) is 2. The predicted octanol–water partition coefficient (Wildman–Crippen LogP) is 3.68. The van der Waals surface area contributed by atoms with Gasteiger partial charge in [0.05, 0.1) is 11.1 Å². The molecule has 3 fully saturated rings. The monoisotopic (exact) mass is 392 g/mol. The third-order valence-electron chi connectivity index (χ3n) is 7.05. The first-order valence-electron chi connectivity index (χ1n) is 10.4. The van der Waals surface area contributed by atoms with Crippen LogP contribution < -0.4 is 0 Å². The third-order valence-corrected chi connectivity index (χ3v) is 7.05. The topological polar surface area (TPSA) is 78.4 Å². The van der Waals surface area contributed by atoms with Gasteiger partial charge in [-0.2, -0.15) is 0 Å². The fourth-order valence-corrected chi connectivity index (χ4v) is 5.74. The summed E-state index contributed by atoms with van der Waals surface area (Å²) in [7, 11) is 0. The van der Waals surface area contributed by atoms with Gasteiger partial charge in [0.15, 0.2) is 0 Å². The molecule has 2 heterocycles. The van der Waals surface area contributed by atoms with Gasteiger partial charge in [0.1, 0.15) is 12.2 Å². The molecule has 2 bridgehead atoms. The van der Waals surface area contributed by atoms with E-state index in [1.165, 1.54) is 19.3 Å². The number of aromatic nitrogens is 2. The van der Waals surface area contributed by atoms with E-state index in [0.29, 0.717) is 23.0 Å². The van der Waals surface area contributed by atoms with Crippen LogP contribution in [0.25, 0.3) is 0 Å². The van der Waals surface area contributed by atoms with Crippen molar-refractivity contribution in [3.63, 3.8) is 0 Å². The molecule has 0 amide bonds. The van der Waals surface area contributed by atoms with Gasteiger partial charge in [-0.3, -0.25) is 9.97 Å². The van der Waals surface area contributed by atoms with E-state index in [2.05, 4.69) is 9.97 Å². The smallest absolute Gasteiger partial charge is 0.338 e. The normalized spacial score (nSPS) is 32.4. The third kappa shape index (κ3) is 3.52. The summed E-state index contributed by atoms with van der Waals surface area (Å²) in [5.41, 5.74) is 0.934. The van der Waals surface area contributed by atoms with Gasteiger partial charge in [0, 0.05) is 24.8 Å². The lowest BCUT2D eigenvalue weighted by molar-refractivity contribution is -0.0822. The average molecular weight is 392 g/mol. The number of hydrogen-bond acceptors (Lipinski definition) is 6. The summed E-state index contributed by atoms with van der Waals surface area (Å²) in [5, 5.41) is 0. The van der Waals surface area contributed by atoms with Crippen LogP contribution in [-0.4, -0.2) is 34.1 Å². The van der Waals surface area contributed by atoms with Crippen LogP contribution in [0.1, 0.15) is 52.8 Å². The summed E-state index contributed by atoms with van der Waals surface area (Å²) in [6, 6.07) is 6.57. The first kappa shape index (κ1) is 18.3. The predicted molar refractivity (Wildman–Crippen MR) is 104 cm³/mol. The average Bonchev–Trinajstić information content (AvgIpc) is 3.37. The second-order valence-corrected chi connectivity index (χ2v) is 8.49. The Hall–Kier alpha value is -2.76. The standard InChI is InChI=1S/C23H24N2O4/c26-22(14-3-7-24-8-4-14)28-20-12-18-16-1-2-17(11-16)19(18)13-21(20)29-23(27)15-5-9-25-10-6-15/h3-10,16-21H,1-2,11-13H2. The van der Waals surface area contributed by atoms with Crippen molar-refractivity contribution in [1.82, 2.24) is 9.97 Å². The molecule has 2 aromatic rings. The van der Waals surface area contributed by atoms with Crippen LogP contribution in [0.5, 0.6) is 0 Å². The zero-order valence-electron chi connectivity index (χ0n) is 16.1. The van der Waals surface area contributed by atoms with Gasteiger partial charge in [-0.05, 0) is 80.0 Å². The van der Waals surface area contributed by atoms with Gasteiger partial charge in [0.2, 0.25) is 0 Å². The lowest BCUT2D eigenvalue weighted by atomic mass is 9.69. The van der Waals surface area contributed by atoms with Gasteiger partial charge in [-0.15, -0.1) is 0 Å². The summed E-state index contributed by atoms with van der Waals surface area (Å²) in [6.07, 6.45) is 10.8. The lowest BCUT2D eigenvalue weighted by Gasteiger charge is -2.42. The Bertz CT molecular complexity index is 815. The van der Waals surface area contributed by atoms with Crippen LogP contribution in [0, 0.1) is 23.7 Å². The Balaban J connectivity index is 1.35. The summed E-state index contributed by atoms with van der Waals surface area (Å²) < 4.78 is 11.8. The van der Waals surface area contributed by atoms with Crippen molar-refractivity contribution in [1.29, 1.82) is 0 Å². The zero-order chi connectivity index (χ0) is 19.8. The van der Waals surface area contributed by atoms with Crippen LogP contribution >= 0.6 is 0 Å². The number of ether oxygens (including phenoxy) is 2. The molecule has 5 rings (SSSR count). The van der Waals surface area contributed by atoms with Crippen molar-refractivity contribution in [2.75, 3.05) is 0 Å². The van der Waals surface area contributed by atoms with E-state index in [9.17, 15) is 9.59 Å². The van der Waals surface area contributed by atoms with Crippen LogP contribution in [0.15, 0.2) is 49.1 Å². The summed E-state index contributed by atoms with van der Waals surface area (Å²) in [6.45, 7) is 0. The molecule has 0 spiro atoms. The van der Waals surface area contributed by atoms with Crippen molar-refractivity contribution in [2.24, 2.45) is 23.7 Å². The Morgan fingerprint density at radius 3 is 1.52 bits per heavy atom. The van der Waals surface area contributed by atoms with Gasteiger partial charge >= 0.3 is 11.9 Å². The molecule has 0 saturated heterocycles. The molecule has 0 radical (unpaired) electrons. The number of carbonyl (C=O) groups excluding carboxylic acids is 2. The fourth-order valence-electron chi connectivity index (χ4n) is 5.74. The molecule has 0 aromatic carbocycles. The molecule has 150 valence electrons. The van der Waals surface area contributed by atoms with E-state index in [1.54, 1.807) is 49.1 Å². The molecule has 3 saturated carbocycles. The number of carbonyl (C=O) groups is 2. The van der Waals surface area contributed by atoms with Gasteiger partial charge in [0.25, 0.3) is 0 Å². The Labute approximate surface area is 169 Å². The van der Waals surface area contributed by atoms with Crippen molar-refractivity contribution < 1.29 is 19.1 Å². The molecule has 0 aliphatic heterocycles. The highest BCUT2D eigenvalue weighted by atomic mass is 16.6. The van der Waals surface area contributed by atoms with Crippen LogP contribution in [0.2, 0.25) is 0 Å². The fraction of sp³-hybridized carbons (Fsp3) is 0.478. The first-order valence-corrected chi connectivity index (χ1v) is 10.4. The second kappa shape index (κ2) is 7.58. The quantitative estimate of drug-likeness (QED) is 0.739. The minimum atomic E-state index is -0.415. The van der Waals surface area contributed by atoms with E-state index in [-0.39, 0.29) is 11.9 Å². The maximum atomic E-state index is 12.7. The number of fused-ring (bicyclic) bond motifs is 5. The van der Waals surface area contributed by atoms with Crippen LogP contribution in [0.4, 0.5) is 0 Å². The molecule has 3 aliphatic carbocycles. The van der Waals surface area contributed by atoms with Crippen LogP contribution in [0.3, 0.4) is 0 Å². The Kier molecular flexibility index (Phi) is 4.78. The van der Waals surface area contributed by atoms with Crippen molar-refractivity contribution in [2.45, 2.75) is 44.3 Å². The minimum absolute atomic E-state index is 0.385. The van der Waals surface area contributed by atoms with E-state index in [4.69, 9.17) is 9.47 Å². The number of esters is 2. The van der Waals surface area contributed by atoms with E-state index >= 15 is 0 Å². The van der Waals surface area contributed by atoms with Crippen molar-refractivity contribution in [3.05, 3.63) is 60.2 Å². The maximum absolute atomic E-state index is 12.7. The highest BCUT2D eigenvalue weighted by Crippen LogP contribution is 2.58. The van der Waals surface area contributed by atoms with E-state index in [0.717, 1.165) is 24.7 Å². The summed E-state index contributed by atoms with van der Waals surface area (Å²) in [5.74, 6) is 1.82. The summed E-state index contributed by atoms with van der Waals surface area (Å²) >= 11 is 0. The molecule has 6 unspecified atom stereocenters. The largest absolute Gasteiger partial charge is 0.455 e. The van der Waals surface area contributed by atoms with Crippen molar-refractivity contribution in [3.8, 4) is 0 Å². The Morgan fingerprint density at radius 1 is 0.690 bits per heavy atom. The first-order chi connectivity index (χ1) is 14.2. The number of pyridine rings is 2. The van der Waals surface area contributed by atoms with Crippen molar-refractivity contribution >= 4 is 11.9 Å². The molecule has 6 atom stereocenters. The van der Waals surface area contributed by atoms with E-state index < -0.39 is 12.2 Å². The molecule has 2 aromatic heterocycles. The molecule has 29 heavy (non-hydrogen) atoms. The lowest BCUT2D eigenvalue weighted by Crippen LogP contribution is -2.45. The molecule has 6 heteroatoms. The highest BCUT2D eigenvalue weighted by molar-refractivity contribution is 5.90. The second-order valence-electron chi connectivity index (χ2n) is 8.49. The van der Waals surface area contributed by atoms with Gasteiger partial charge in [-0.25, -0.2) is 9.59 Å². The molecular weight excluding hydrogens is 368 g/mol. The minimum Gasteiger partial charge on any atom is -0.455 e. The van der Waals surface area contributed by atoms with Crippen LogP contribution in [-0.2, 0) is 9.47 Å². The number of rotatable bonds is 4. The molecular formula is C23H24N2O4. The highest BCUT2D eigenvalue weighted by Gasteiger charge is 2.53. The van der Waals surface area contributed by atoms with E-state index in [1.807, 2.05) is 0 Å². The molecule has 0 N–H and O–H groups in total.